The molecule has 1 aliphatic heterocycles. The Kier molecular flexibility index (Phi) is 8.30. The molecule has 0 radical (unpaired) electrons. The van der Waals surface area contributed by atoms with Crippen molar-refractivity contribution >= 4 is 38.6 Å². The average molecular weight is 479 g/mol. The summed E-state index contributed by atoms with van der Waals surface area (Å²) < 4.78 is 27.7. The largest absolute Gasteiger partial charge is 0.370 e. The van der Waals surface area contributed by atoms with Crippen molar-refractivity contribution in [2.45, 2.75) is 64.7 Å². The van der Waals surface area contributed by atoms with Crippen LogP contribution in [0.2, 0.25) is 0 Å². The lowest BCUT2D eigenvalue weighted by molar-refractivity contribution is 0.102. The first kappa shape index (κ1) is 24.7. The minimum atomic E-state index is -3.63. The number of carbonyl (C=O) groups is 1. The summed E-state index contributed by atoms with van der Waals surface area (Å²) in [5.41, 5.74) is 2.12. The molecule has 2 heterocycles. The van der Waals surface area contributed by atoms with Gasteiger partial charge in [0.2, 0.25) is 10.0 Å². The van der Waals surface area contributed by atoms with Crippen LogP contribution in [0.3, 0.4) is 0 Å². The van der Waals surface area contributed by atoms with Gasteiger partial charge in [0, 0.05) is 26.2 Å². The molecule has 1 aromatic carbocycles. The predicted octanol–water partition coefficient (Wildman–Crippen LogP) is 4.68. The average Bonchev–Trinajstić information content (AvgIpc) is 3.15. The summed E-state index contributed by atoms with van der Waals surface area (Å²) in [5.74, 6) is -0.238. The van der Waals surface area contributed by atoms with E-state index in [1.54, 1.807) is 12.1 Å². The molecule has 9 heteroatoms. The Bertz CT molecular complexity index is 1040. The van der Waals surface area contributed by atoms with E-state index in [1.807, 2.05) is 26.8 Å². The van der Waals surface area contributed by atoms with Crippen LogP contribution in [-0.4, -0.2) is 49.8 Å². The lowest BCUT2D eigenvalue weighted by Gasteiger charge is -2.31. The number of piperidine rings is 1. The molecule has 176 valence electrons. The SMILES string of the molecule is CCCc1nc(C)c(C(=O)Nc2cc(S(=O)(=O)N(CC)CC)ccc2N2CCCCC2)s1. The standard InChI is InChI=1S/C23H34N4O3S2/c1-5-11-21-24-17(4)22(31-21)23(28)25-19-16-18(32(29,30)27(6-2)7-3)12-13-20(19)26-14-9-8-10-15-26/h12-13,16H,5-11,14-15H2,1-4H3,(H,25,28). The highest BCUT2D eigenvalue weighted by atomic mass is 32.2. The van der Waals surface area contributed by atoms with Crippen molar-refractivity contribution in [3.05, 3.63) is 33.8 Å². The van der Waals surface area contributed by atoms with Crippen molar-refractivity contribution < 1.29 is 13.2 Å². The number of hydrogen-bond donors (Lipinski definition) is 1. The highest BCUT2D eigenvalue weighted by Gasteiger charge is 2.25. The zero-order valence-electron chi connectivity index (χ0n) is 19.5. The van der Waals surface area contributed by atoms with Gasteiger partial charge in [-0.3, -0.25) is 4.79 Å². The monoisotopic (exact) mass is 478 g/mol. The van der Waals surface area contributed by atoms with Gasteiger partial charge in [-0.15, -0.1) is 11.3 Å². The third-order valence-electron chi connectivity index (χ3n) is 5.77. The van der Waals surface area contributed by atoms with Crippen LogP contribution in [0, 0.1) is 6.92 Å². The Morgan fingerprint density at radius 1 is 1.16 bits per heavy atom. The van der Waals surface area contributed by atoms with Crippen LogP contribution in [0.15, 0.2) is 23.1 Å². The Labute approximate surface area is 195 Å². The molecule has 3 rings (SSSR count). The zero-order chi connectivity index (χ0) is 23.3. The Hall–Kier alpha value is -1.97. The highest BCUT2D eigenvalue weighted by Crippen LogP contribution is 2.33. The van der Waals surface area contributed by atoms with E-state index in [0.717, 1.165) is 49.5 Å². The van der Waals surface area contributed by atoms with Crippen LogP contribution >= 0.6 is 11.3 Å². The lowest BCUT2D eigenvalue weighted by Crippen LogP contribution is -2.32. The Morgan fingerprint density at radius 2 is 1.84 bits per heavy atom. The van der Waals surface area contributed by atoms with E-state index < -0.39 is 10.0 Å². The van der Waals surface area contributed by atoms with Gasteiger partial charge in [-0.2, -0.15) is 4.31 Å². The van der Waals surface area contributed by atoms with Crippen LogP contribution in [0.1, 0.15) is 66.8 Å². The fourth-order valence-electron chi connectivity index (χ4n) is 4.06. The van der Waals surface area contributed by atoms with Gasteiger partial charge in [-0.1, -0.05) is 20.8 Å². The first-order valence-electron chi connectivity index (χ1n) is 11.5. The highest BCUT2D eigenvalue weighted by molar-refractivity contribution is 7.89. The molecule has 0 atom stereocenters. The smallest absolute Gasteiger partial charge is 0.267 e. The summed E-state index contributed by atoms with van der Waals surface area (Å²) in [6, 6.07) is 5.10. The number of anilines is 2. The van der Waals surface area contributed by atoms with Gasteiger partial charge in [0.15, 0.2) is 0 Å². The van der Waals surface area contributed by atoms with Gasteiger partial charge < -0.3 is 10.2 Å². The summed E-state index contributed by atoms with van der Waals surface area (Å²) in [5, 5.41) is 3.96. The van der Waals surface area contributed by atoms with Crippen molar-refractivity contribution in [2.75, 3.05) is 36.4 Å². The molecule has 0 saturated carbocycles. The number of benzene rings is 1. The van der Waals surface area contributed by atoms with E-state index in [-0.39, 0.29) is 10.8 Å². The second kappa shape index (κ2) is 10.8. The maximum absolute atomic E-state index is 13.2. The van der Waals surface area contributed by atoms with Crippen molar-refractivity contribution in [2.24, 2.45) is 0 Å². The lowest BCUT2D eigenvalue weighted by atomic mass is 10.1. The van der Waals surface area contributed by atoms with Crippen molar-refractivity contribution in [3.63, 3.8) is 0 Å². The Balaban J connectivity index is 1.99. The minimum absolute atomic E-state index is 0.199. The maximum atomic E-state index is 13.2. The molecule has 0 aliphatic carbocycles. The zero-order valence-corrected chi connectivity index (χ0v) is 21.1. The van der Waals surface area contributed by atoms with Gasteiger partial charge in [0.05, 0.1) is 27.0 Å². The number of rotatable bonds is 9. The number of nitrogens with one attached hydrogen (secondary N) is 1. The molecule has 32 heavy (non-hydrogen) atoms. The van der Waals surface area contributed by atoms with Crippen molar-refractivity contribution in [3.8, 4) is 0 Å². The van der Waals surface area contributed by atoms with Crippen LogP contribution < -0.4 is 10.2 Å². The quantitative estimate of drug-likeness (QED) is 0.566. The van der Waals surface area contributed by atoms with Crippen molar-refractivity contribution in [1.29, 1.82) is 0 Å². The minimum Gasteiger partial charge on any atom is -0.370 e. The predicted molar refractivity (Wildman–Crippen MR) is 131 cm³/mol. The summed E-state index contributed by atoms with van der Waals surface area (Å²) in [4.78, 5) is 20.7. The van der Waals surface area contributed by atoms with Crippen LogP contribution in [0.4, 0.5) is 11.4 Å². The number of aryl methyl sites for hydroxylation is 2. The van der Waals surface area contributed by atoms with E-state index in [9.17, 15) is 13.2 Å². The molecule has 0 bridgehead atoms. The van der Waals surface area contributed by atoms with Gasteiger partial charge >= 0.3 is 0 Å². The molecular formula is C23H34N4O3S2. The summed E-state index contributed by atoms with van der Waals surface area (Å²) >= 11 is 1.41. The molecule has 0 unspecified atom stereocenters. The van der Waals surface area contributed by atoms with Crippen LogP contribution in [-0.2, 0) is 16.4 Å². The molecule has 1 amide bonds. The first-order valence-corrected chi connectivity index (χ1v) is 13.7. The van der Waals surface area contributed by atoms with E-state index >= 15 is 0 Å². The van der Waals surface area contributed by atoms with E-state index in [4.69, 9.17) is 0 Å². The fraction of sp³-hybridized carbons (Fsp3) is 0.565. The molecule has 1 fully saturated rings. The summed E-state index contributed by atoms with van der Waals surface area (Å²) in [7, 11) is -3.63. The number of aromatic nitrogens is 1. The van der Waals surface area contributed by atoms with Crippen LogP contribution in [0.25, 0.3) is 0 Å². The number of amides is 1. The number of nitrogens with zero attached hydrogens (tertiary/aromatic N) is 3. The van der Waals surface area contributed by atoms with Crippen molar-refractivity contribution in [1.82, 2.24) is 9.29 Å². The topological polar surface area (TPSA) is 82.6 Å². The molecule has 1 saturated heterocycles. The number of thiazole rings is 1. The molecule has 7 nitrogen and oxygen atoms in total. The van der Waals surface area contributed by atoms with Gasteiger partial charge in [-0.05, 0) is 57.2 Å². The number of sulfonamides is 1. The second-order valence-electron chi connectivity index (χ2n) is 8.04. The second-order valence-corrected chi connectivity index (χ2v) is 11.1. The first-order chi connectivity index (χ1) is 15.3. The molecule has 1 N–H and O–H groups in total. The fourth-order valence-corrected chi connectivity index (χ4v) is 6.61. The molecule has 1 aromatic heterocycles. The normalized spacial score (nSPS) is 14.7. The number of hydrogen-bond acceptors (Lipinski definition) is 6. The maximum Gasteiger partial charge on any atom is 0.267 e. The van der Waals surface area contributed by atoms with Gasteiger partial charge in [0.1, 0.15) is 4.88 Å². The molecular weight excluding hydrogens is 444 g/mol. The summed E-state index contributed by atoms with van der Waals surface area (Å²) in [6.45, 7) is 10.2. The third-order valence-corrected chi connectivity index (χ3v) is 9.03. The Morgan fingerprint density at radius 3 is 2.47 bits per heavy atom. The molecule has 1 aliphatic rings. The van der Waals surface area contributed by atoms with E-state index in [0.29, 0.717) is 29.3 Å². The van der Waals surface area contributed by atoms with E-state index in [1.165, 1.54) is 22.1 Å². The molecule has 0 spiro atoms. The third kappa shape index (κ3) is 5.32. The van der Waals surface area contributed by atoms with E-state index in [2.05, 4.69) is 22.1 Å². The molecule has 2 aromatic rings. The summed E-state index contributed by atoms with van der Waals surface area (Å²) in [6.07, 6.45) is 5.17. The van der Waals surface area contributed by atoms with Gasteiger partial charge in [-0.25, -0.2) is 13.4 Å². The van der Waals surface area contributed by atoms with Gasteiger partial charge in [0.25, 0.3) is 5.91 Å². The van der Waals surface area contributed by atoms with Crippen LogP contribution in [0.5, 0.6) is 0 Å². The number of carbonyl (C=O) groups excluding carboxylic acids is 1.